The Labute approximate surface area is 210 Å². The molecule has 0 bridgehead atoms. The van der Waals surface area contributed by atoms with Crippen LogP contribution in [-0.2, 0) is 11.3 Å². The van der Waals surface area contributed by atoms with Crippen molar-refractivity contribution in [2.24, 2.45) is 11.8 Å². The van der Waals surface area contributed by atoms with E-state index < -0.39 is 5.97 Å². The van der Waals surface area contributed by atoms with E-state index in [2.05, 4.69) is 32.1 Å². The number of likely N-dealkylation sites (tertiary alicyclic amines) is 1. The largest absolute Gasteiger partial charge is 0.481 e. The molecule has 0 radical (unpaired) electrons. The number of amides is 1. The number of piperidine rings is 1. The van der Waals surface area contributed by atoms with Crippen molar-refractivity contribution in [1.29, 1.82) is 0 Å². The third kappa shape index (κ3) is 5.40. The lowest BCUT2D eigenvalue weighted by molar-refractivity contribution is -0.124. The fraction of sp³-hybridized carbons (Fsp3) is 0.577. The van der Waals surface area contributed by atoms with Gasteiger partial charge in [-0.2, -0.15) is 0 Å². The van der Waals surface area contributed by atoms with Gasteiger partial charge in [-0.05, 0) is 75.2 Å². The zero-order valence-corrected chi connectivity index (χ0v) is 20.6. The molecule has 1 saturated carbocycles. The van der Waals surface area contributed by atoms with Crippen LogP contribution in [0.25, 0.3) is 0 Å². The quantitative estimate of drug-likeness (QED) is 0.433. The molecule has 3 fully saturated rings. The average molecular weight is 498 g/mol. The van der Waals surface area contributed by atoms with Gasteiger partial charge in [-0.25, -0.2) is 15.2 Å². The van der Waals surface area contributed by atoms with Gasteiger partial charge in [0.2, 0.25) is 17.5 Å². The van der Waals surface area contributed by atoms with Crippen LogP contribution < -0.4 is 20.9 Å². The first-order chi connectivity index (χ1) is 17.5. The number of nitrogens with one attached hydrogen (secondary N) is 3. The predicted octanol–water partition coefficient (Wildman–Crippen LogP) is 2.14. The molecule has 0 spiro atoms. The standard InChI is InChI=1S/C26H35N5O5/c1-35-25-19(3-2-10-27-25)17-4-6-21-20(13-17)23(30-29-21)24(32)28-14-16-8-11-31(12-9-16)15-18-5-7-22(36-18)26(33)34/h2-3,5,7,10,16-17,20-21,23,29-30H,4,6,8-9,11-15H2,1H3,(H,28,32)(H,33,34). The number of carbonyl (C=O) groups is 2. The van der Waals surface area contributed by atoms with Crippen LogP contribution in [0, 0.1) is 11.8 Å². The van der Waals surface area contributed by atoms with Crippen molar-refractivity contribution in [3.63, 3.8) is 0 Å². The summed E-state index contributed by atoms with van der Waals surface area (Å²) in [7, 11) is 1.66. The lowest BCUT2D eigenvalue weighted by Gasteiger charge is -2.34. The highest BCUT2D eigenvalue weighted by molar-refractivity contribution is 5.84. The number of hydrogen-bond donors (Lipinski definition) is 4. The van der Waals surface area contributed by atoms with Crippen LogP contribution >= 0.6 is 0 Å². The fourth-order valence-corrected chi connectivity index (χ4v) is 5.99. The number of methoxy groups -OCH3 is 1. The molecular formula is C26H35N5O5. The number of carboxylic acids is 1. The third-order valence-electron chi connectivity index (χ3n) is 7.99. The Morgan fingerprint density at radius 2 is 2.03 bits per heavy atom. The molecule has 4 heterocycles. The molecule has 0 aromatic carbocycles. The number of nitrogens with zero attached hydrogens (tertiary/aromatic N) is 2. The maximum atomic E-state index is 13.2. The summed E-state index contributed by atoms with van der Waals surface area (Å²) in [5.74, 6) is 1.33. The lowest BCUT2D eigenvalue weighted by atomic mass is 9.73. The van der Waals surface area contributed by atoms with Gasteiger partial charge in [0.05, 0.1) is 13.7 Å². The smallest absolute Gasteiger partial charge is 0.371 e. The SMILES string of the molecule is COc1ncccc1C1CCC2NNC(C(=O)NCC3CCN(Cc4ccc(C(=O)O)o4)CC3)C2C1. The molecule has 4 atom stereocenters. The Kier molecular flexibility index (Phi) is 7.54. The van der Waals surface area contributed by atoms with Gasteiger partial charge in [0.1, 0.15) is 11.8 Å². The normalized spacial score (nSPS) is 26.9. The van der Waals surface area contributed by atoms with E-state index in [-0.39, 0.29) is 23.6 Å². The number of aromatic nitrogens is 1. The monoisotopic (exact) mass is 497 g/mol. The number of fused-ring (bicyclic) bond motifs is 1. The van der Waals surface area contributed by atoms with Crippen LogP contribution in [0.4, 0.5) is 0 Å². The molecule has 5 rings (SSSR count). The average Bonchev–Trinajstić information content (AvgIpc) is 3.55. The number of hydrogen-bond acceptors (Lipinski definition) is 8. The summed E-state index contributed by atoms with van der Waals surface area (Å²) < 4.78 is 10.9. The number of carboxylic acid groups (broad SMARTS) is 1. The summed E-state index contributed by atoms with van der Waals surface area (Å²) >= 11 is 0. The summed E-state index contributed by atoms with van der Waals surface area (Å²) in [4.78, 5) is 30.8. The van der Waals surface area contributed by atoms with Crippen molar-refractivity contribution < 1.29 is 23.8 Å². The van der Waals surface area contributed by atoms with Crippen molar-refractivity contribution in [3.8, 4) is 5.88 Å². The minimum atomic E-state index is -1.05. The van der Waals surface area contributed by atoms with Crippen molar-refractivity contribution >= 4 is 11.9 Å². The Hall–Kier alpha value is -2.95. The van der Waals surface area contributed by atoms with Gasteiger partial charge < -0.3 is 19.6 Å². The number of carbonyl (C=O) groups excluding carboxylic acids is 1. The molecule has 10 heteroatoms. The van der Waals surface area contributed by atoms with Gasteiger partial charge in [0, 0.05) is 30.3 Å². The van der Waals surface area contributed by atoms with Gasteiger partial charge in [-0.1, -0.05) is 6.07 Å². The van der Waals surface area contributed by atoms with E-state index >= 15 is 0 Å². The Bertz CT molecular complexity index is 1070. The first kappa shape index (κ1) is 24.7. The maximum Gasteiger partial charge on any atom is 0.371 e. The minimum Gasteiger partial charge on any atom is -0.481 e. The lowest BCUT2D eigenvalue weighted by Crippen LogP contribution is -2.48. The number of hydrazine groups is 1. The number of aromatic carboxylic acids is 1. The summed E-state index contributed by atoms with van der Waals surface area (Å²) in [6.07, 6.45) is 6.68. The van der Waals surface area contributed by atoms with Crippen molar-refractivity contribution in [3.05, 3.63) is 47.5 Å². The first-order valence-electron chi connectivity index (χ1n) is 12.8. The topological polar surface area (TPSA) is 129 Å². The molecule has 1 aliphatic carbocycles. The summed E-state index contributed by atoms with van der Waals surface area (Å²) in [5, 5.41) is 12.2. The van der Waals surface area contributed by atoms with Crippen molar-refractivity contribution in [2.75, 3.05) is 26.7 Å². The van der Waals surface area contributed by atoms with E-state index in [1.54, 1.807) is 19.4 Å². The van der Waals surface area contributed by atoms with Crippen LogP contribution in [0.3, 0.4) is 0 Å². The summed E-state index contributed by atoms with van der Waals surface area (Å²) in [6.45, 7) is 3.07. The van der Waals surface area contributed by atoms with Gasteiger partial charge in [-0.3, -0.25) is 15.1 Å². The van der Waals surface area contributed by atoms with Gasteiger partial charge in [-0.15, -0.1) is 0 Å². The molecule has 2 aliphatic heterocycles. The second-order valence-electron chi connectivity index (χ2n) is 10.2. The Morgan fingerprint density at radius 1 is 1.19 bits per heavy atom. The number of rotatable bonds is 8. The zero-order chi connectivity index (χ0) is 25.1. The Morgan fingerprint density at radius 3 is 2.78 bits per heavy atom. The predicted molar refractivity (Wildman–Crippen MR) is 131 cm³/mol. The van der Waals surface area contributed by atoms with Crippen molar-refractivity contribution in [2.45, 2.75) is 56.7 Å². The molecule has 36 heavy (non-hydrogen) atoms. The van der Waals surface area contributed by atoms with E-state index in [0.717, 1.165) is 50.8 Å². The second kappa shape index (κ2) is 11.0. The van der Waals surface area contributed by atoms with E-state index in [9.17, 15) is 9.59 Å². The molecule has 3 aliphatic rings. The molecule has 4 N–H and O–H groups in total. The molecule has 10 nitrogen and oxygen atoms in total. The highest BCUT2D eigenvalue weighted by atomic mass is 16.5. The fourth-order valence-electron chi connectivity index (χ4n) is 5.99. The minimum absolute atomic E-state index is 0.0243. The maximum absolute atomic E-state index is 13.2. The highest BCUT2D eigenvalue weighted by Gasteiger charge is 2.44. The molecule has 2 aromatic rings. The second-order valence-corrected chi connectivity index (χ2v) is 10.2. The van der Waals surface area contributed by atoms with E-state index in [1.807, 2.05) is 6.07 Å². The molecule has 1 amide bonds. The van der Waals surface area contributed by atoms with Crippen LogP contribution in [0.2, 0.25) is 0 Å². The van der Waals surface area contributed by atoms with E-state index in [1.165, 1.54) is 6.07 Å². The van der Waals surface area contributed by atoms with Crippen LogP contribution in [-0.4, -0.2) is 65.7 Å². The third-order valence-corrected chi connectivity index (χ3v) is 7.99. The Balaban J connectivity index is 1.09. The highest BCUT2D eigenvalue weighted by Crippen LogP contribution is 2.41. The number of pyridine rings is 1. The molecule has 194 valence electrons. The van der Waals surface area contributed by atoms with E-state index in [4.69, 9.17) is 14.3 Å². The van der Waals surface area contributed by atoms with Crippen LogP contribution in [0.5, 0.6) is 5.88 Å². The molecule has 2 aromatic heterocycles. The van der Waals surface area contributed by atoms with Gasteiger partial charge >= 0.3 is 5.97 Å². The van der Waals surface area contributed by atoms with Gasteiger partial charge in [0.25, 0.3) is 0 Å². The van der Waals surface area contributed by atoms with E-state index in [0.29, 0.717) is 42.6 Å². The summed E-state index contributed by atoms with van der Waals surface area (Å²) in [6, 6.07) is 7.32. The number of furan rings is 1. The van der Waals surface area contributed by atoms with Gasteiger partial charge in [0.15, 0.2) is 0 Å². The molecule has 2 saturated heterocycles. The number of ether oxygens (including phenoxy) is 1. The molecular weight excluding hydrogens is 462 g/mol. The van der Waals surface area contributed by atoms with Crippen LogP contribution in [0.15, 0.2) is 34.9 Å². The molecule has 4 unspecified atom stereocenters. The van der Waals surface area contributed by atoms with Crippen LogP contribution in [0.1, 0.15) is 59.9 Å². The van der Waals surface area contributed by atoms with Crippen molar-refractivity contribution in [1.82, 2.24) is 26.1 Å². The summed E-state index contributed by atoms with van der Waals surface area (Å²) in [5.41, 5.74) is 7.75. The zero-order valence-electron chi connectivity index (χ0n) is 20.6. The first-order valence-corrected chi connectivity index (χ1v) is 12.8.